The van der Waals surface area contributed by atoms with E-state index in [0.29, 0.717) is 46.6 Å². The molecule has 10 heteroatoms. The van der Waals surface area contributed by atoms with E-state index in [0.717, 1.165) is 30.2 Å². The van der Waals surface area contributed by atoms with E-state index in [1.807, 2.05) is 51.5 Å². The van der Waals surface area contributed by atoms with Crippen molar-refractivity contribution in [3.05, 3.63) is 72.4 Å². The Kier molecular flexibility index (Phi) is 7.68. The third-order valence-corrected chi connectivity index (χ3v) is 7.34. The fraction of sp³-hybridized carbons (Fsp3) is 0.323. The molecular formula is C31H37FN8O. The summed E-state index contributed by atoms with van der Waals surface area (Å²) in [5.41, 5.74) is 11.5. The molecule has 3 heterocycles. The first kappa shape index (κ1) is 28.1. The van der Waals surface area contributed by atoms with Gasteiger partial charge in [0.15, 0.2) is 0 Å². The van der Waals surface area contributed by atoms with Crippen molar-refractivity contribution in [1.82, 2.24) is 19.9 Å². The molecule has 0 fully saturated rings. The second kappa shape index (κ2) is 11.2. The SMILES string of the molecule is COc1cc(N(C)CCN(C)C)c(N)cc1Nc1nccc(N2CC(C)(C)c3ncc(-c4ccccc4F)cc32)n1. The molecule has 0 spiro atoms. The molecule has 0 unspecified atom stereocenters. The highest BCUT2D eigenvalue weighted by atomic mass is 19.1. The van der Waals surface area contributed by atoms with E-state index in [1.165, 1.54) is 6.07 Å². The highest BCUT2D eigenvalue weighted by Gasteiger charge is 2.38. The summed E-state index contributed by atoms with van der Waals surface area (Å²) in [6.45, 7) is 6.67. The Morgan fingerprint density at radius 2 is 1.85 bits per heavy atom. The number of aromatic nitrogens is 3. The first-order valence-corrected chi connectivity index (χ1v) is 13.5. The first-order valence-electron chi connectivity index (χ1n) is 13.5. The van der Waals surface area contributed by atoms with Crippen molar-refractivity contribution in [2.75, 3.05) is 68.7 Å². The number of methoxy groups -OCH3 is 1. The zero-order valence-electron chi connectivity index (χ0n) is 24.4. The molecule has 4 aromatic rings. The predicted molar refractivity (Wildman–Crippen MR) is 164 cm³/mol. The number of nitrogens with one attached hydrogen (secondary N) is 1. The van der Waals surface area contributed by atoms with Gasteiger partial charge in [-0.25, -0.2) is 9.37 Å². The van der Waals surface area contributed by atoms with Gasteiger partial charge in [0, 0.05) is 61.7 Å². The smallest absolute Gasteiger partial charge is 0.229 e. The van der Waals surface area contributed by atoms with Crippen LogP contribution in [0.5, 0.6) is 5.75 Å². The van der Waals surface area contributed by atoms with Crippen LogP contribution in [0.3, 0.4) is 0 Å². The number of hydrogen-bond acceptors (Lipinski definition) is 9. The van der Waals surface area contributed by atoms with Gasteiger partial charge in [0.25, 0.3) is 0 Å². The quantitative estimate of drug-likeness (QED) is 0.261. The van der Waals surface area contributed by atoms with Crippen molar-refractivity contribution in [3.63, 3.8) is 0 Å². The minimum atomic E-state index is -0.283. The Morgan fingerprint density at radius 1 is 1.07 bits per heavy atom. The third kappa shape index (κ3) is 5.74. The van der Waals surface area contributed by atoms with Crippen LogP contribution >= 0.6 is 0 Å². The van der Waals surface area contributed by atoms with Gasteiger partial charge in [0.05, 0.1) is 35.6 Å². The molecular weight excluding hydrogens is 519 g/mol. The lowest BCUT2D eigenvalue weighted by atomic mass is 9.91. The molecule has 0 saturated carbocycles. The van der Waals surface area contributed by atoms with Gasteiger partial charge in [-0.15, -0.1) is 0 Å². The lowest BCUT2D eigenvalue weighted by molar-refractivity contribution is 0.413. The summed E-state index contributed by atoms with van der Waals surface area (Å²) in [6.07, 6.45) is 3.46. The van der Waals surface area contributed by atoms with Crippen molar-refractivity contribution in [2.24, 2.45) is 0 Å². The average molecular weight is 557 g/mol. The number of nitrogen functional groups attached to an aromatic ring is 1. The molecule has 2 aromatic heterocycles. The second-order valence-electron chi connectivity index (χ2n) is 11.2. The topological polar surface area (TPSA) is 95.7 Å². The Bertz CT molecular complexity index is 1560. The third-order valence-electron chi connectivity index (χ3n) is 7.34. The maximum atomic E-state index is 14.6. The van der Waals surface area contributed by atoms with Gasteiger partial charge >= 0.3 is 0 Å². The number of pyridine rings is 1. The molecule has 1 aliphatic heterocycles. The number of anilines is 6. The Hall–Kier alpha value is -4.44. The maximum Gasteiger partial charge on any atom is 0.229 e. The minimum Gasteiger partial charge on any atom is -0.494 e. The van der Waals surface area contributed by atoms with Crippen molar-refractivity contribution in [2.45, 2.75) is 19.3 Å². The highest BCUT2D eigenvalue weighted by Crippen LogP contribution is 2.44. The van der Waals surface area contributed by atoms with E-state index in [1.54, 1.807) is 31.6 Å². The van der Waals surface area contributed by atoms with Crippen LogP contribution in [0.1, 0.15) is 19.5 Å². The van der Waals surface area contributed by atoms with E-state index < -0.39 is 0 Å². The Labute approximate surface area is 240 Å². The number of benzene rings is 2. The summed E-state index contributed by atoms with van der Waals surface area (Å²) >= 11 is 0. The van der Waals surface area contributed by atoms with Gasteiger partial charge < -0.3 is 30.5 Å². The molecule has 214 valence electrons. The molecule has 0 radical (unpaired) electrons. The largest absolute Gasteiger partial charge is 0.494 e. The molecule has 0 atom stereocenters. The molecule has 9 nitrogen and oxygen atoms in total. The van der Waals surface area contributed by atoms with Crippen LogP contribution < -0.4 is 25.6 Å². The number of rotatable bonds is 9. The number of hydrogen-bond donors (Lipinski definition) is 2. The van der Waals surface area contributed by atoms with Gasteiger partial charge in [-0.05, 0) is 38.4 Å². The fourth-order valence-electron chi connectivity index (χ4n) is 5.12. The first-order chi connectivity index (χ1) is 19.6. The summed E-state index contributed by atoms with van der Waals surface area (Å²) < 4.78 is 20.3. The normalized spacial score (nSPS) is 13.8. The Balaban J connectivity index is 1.45. The van der Waals surface area contributed by atoms with E-state index in [4.69, 9.17) is 20.4 Å². The molecule has 0 aliphatic carbocycles. The van der Waals surface area contributed by atoms with Crippen LogP contribution in [0.15, 0.2) is 60.9 Å². The molecule has 0 saturated heterocycles. The van der Waals surface area contributed by atoms with E-state index >= 15 is 0 Å². The van der Waals surface area contributed by atoms with Gasteiger partial charge in [0.1, 0.15) is 17.4 Å². The molecule has 0 amide bonds. The van der Waals surface area contributed by atoms with Gasteiger partial charge in [0.2, 0.25) is 5.95 Å². The van der Waals surface area contributed by atoms with Gasteiger partial charge in [-0.1, -0.05) is 32.0 Å². The van der Waals surface area contributed by atoms with Crippen molar-refractivity contribution in [3.8, 4) is 16.9 Å². The van der Waals surface area contributed by atoms with Crippen molar-refractivity contribution < 1.29 is 9.13 Å². The molecule has 2 aromatic carbocycles. The van der Waals surface area contributed by atoms with Crippen LogP contribution in [-0.2, 0) is 5.41 Å². The van der Waals surface area contributed by atoms with E-state index in [2.05, 4.69) is 38.8 Å². The summed E-state index contributed by atoms with van der Waals surface area (Å²) in [5, 5.41) is 3.29. The summed E-state index contributed by atoms with van der Waals surface area (Å²) in [6, 6.07) is 14.3. The van der Waals surface area contributed by atoms with Crippen molar-refractivity contribution >= 4 is 34.5 Å². The monoisotopic (exact) mass is 556 g/mol. The standard InChI is InChI=1S/C31H37FN8O/c1-31(2)19-40(26-15-20(18-35-29(26)31)21-9-7-8-10-22(21)32)28-11-12-34-30(37-28)36-24-16-23(33)25(17-27(24)41-6)39(5)14-13-38(3)4/h7-12,15-18H,13-14,19,33H2,1-6H3,(H,34,36,37). The zero-order valence-corrected chi connectivity index (χ0v) is 24.4. The average Bonchev–Trinajstić information content (AvgIpc) is 3.22. The van der Waals surface area contributed by atoms with Crippen LogP contribution in [0.4, 0.5) is 38.9 Å². The molecule has 5 rings (SSSR count). The van der Waals surface area contributed by atoms with E-state index in [-0.39, 0.29) is 11.2 Å². The number of nitrogens with zero attached hydrogens (tertiary/aromatic N) is 6. The Morgan fingerprint density at radius 3 is 2.59 bits per heavy atom. The number of likely N-dealkylation sites (N-methyl/N-ethyl adjacent to an activating group) is 2. The molecule has 0 bridgehead atoms. The lowest BCUT2D eigenvalue weighted by Gasteiger charge is -2.24. The van der Waals surface area contributed by atoms with Crippen molar-refractivity contribution in [1.29, 1.82) is 0 Å². The van der Waals surface area contributed by atoms with Crippen LogP contribution in [0.2, 0.25) is 0 Å². The lowest BCUT2D eigenvalue weighted by Crippen LogP contribution is -2.29. The summed E-state index contributed by atoms with van der Waals surface area (Å²) in [5.74, 6) is 1.45. The van der Waals surface area contributed by atoms with Crippen LogP contribution in [-0.4, -0.2) is 67.7 Å². The number of halogens is 1. The van der Waals surface area contributed by atoms with E-state index in [9.17, 15) is 4.39 Å². The summed E-state index contributed by atoms with van der Waals surface area (Å²) in [4.78, 5) is 20.4. The molecule has 41 heavy (non-hydrogen) atoms. The number of fused-ring (bicyclic) bond motifs is 1. The van der Waals surface area contributed by atoms with Crippen LogP contribution in [0, 0.1) is 5.82 Å². The minimum absolute atomic E-state index is 0.228. The predicted octanol–water partition coefficient (Wildman–Crippen LogP) is 5.44. The van der Waals surface area contributed by atoms with Gasteiger partial charge in [-0.3, -0.25) is 4.98 Å². The van der Waals surface area contributed by atoms with Gasteiger partial charge in [-0.2, -0.15) is 4.98 Å². The molecule has 1 aliphatic rings. The fourth-order valence-corrected chi connectivity index (χ4v) is 5.12. The highest BCUT2D eigenvalue weighted by molar-refractivity contribution is 5.80. The zero-order chi connectivity index (χ0) is 29.3. The number of ether oxygens (including phenoxy) is 1. The summed E-state index contributed by atoms with van der Waals surface area (Å²) in [7, 11) is 7.72. The maximum absolute atomic E-state index is 14.6. The van der Waals surface area contributed by atoms with Crippen LogP contribution in [0.25, 0.3) is 11.1 Å². The molecule has 3 N–H and O–H groups in total. The second-order valence-corrected chi connectivity index (χ2v) is 11.2. The number of nitrogens with two attached hydrogens (primary N) is 1.